The molecule has 0 unspecified atom stereocenters. The number of hydrogen-bond donors (Lipinski definition) is 1. The quantitative estimate of drug-likeness (QED) is 0.432. The van der Waals surface area contributed by atoms with Gasteiger partial charge >= 0.3 is 0 Å². The first kappa shape index (κ1) is 17.7. The molecule has 0 radical (unpaired) electrons. The molecular formula is C15H23ClN2O. The van der Waals surface area contributed by atoms with Gasteiger partial charge in [-0.05, 0) is 20.8 Å². The molecule has 0 atom stereocenters. The summed E-state index contributed by atoms with van der Waals surface area (Å²) in [6, 6.07) is 10.2. The van der Waals surface area contributed by atoms with Crippen LogP contribution in [-0.2, 0) is 11.3 Å². The Balaban J connectivity index is 0.00000324. The van der Waals surface area contributed by atoms with Crippen molar-refractivity contribution >= 4 is 5.91 Å². The Morgan fingerprint density at radius 2 is 1.74 bits per heavy atom. The van der Waals surface area contributed by atoms with Crippen molar-refractivity contribution in [3.8, 4) is 0 Å². The van der Waals surface area contributed by atoms with Crippen LogP contribution in [0.3, 0.4) is 0 Å². The minimum Gasteiger partial charge on any atom is -1.00 e. The van der Waals surface area contributed by atoms with Crippen LogP contribution in [0.4, 0.5) is 0 Å². The molecule has 19 heavy (non-hydrogen) atoms. The summed E-state index contributed by atoms with van der Waals surface area (Å²) in [5.74, 6) is -0.0744. The highest BCUT2D eigenvalue weighted by atomic mass is 35.5. The van der Waals surface area contributed by atoms with Gasteiger partial charge in [0.25, 0.3) is 5.91 Å². The number of quaternary nitrogens is 1. The second kappa shape index (κ2) is 7.97. The van der Waals surface area contributed by atoms with Crippen LogP contribution < -0.4 is 17.8 Å². The number of hydrogen-bond acceptors (Lipinski definition) is 1. The van der Waals surface area contributed by atoms with Crippen LogP contribution in [0.25, 0.3) is 0 Å². The summed E-state index contributed by atoms with van der Waals surface area (Å²) in [4.78, 5) is 11.8. The summed E-state index contributed by atoms with van der Waals surface area (Å²) in [7, 11) is 0. The maximum Gasteiger partial charge on any atom is 0.291 e. The van der Waals surface area contributed by atoms with E-state index in [0.29, 0.717) is 10.2 Å². The van der Waals surface area contributed by atoms with E-state index < -0.39 is 0 Å². The number of nitrogens with zero attached hydrogens (tertiary/aromatic N) is 1. The highest BCUT2D eigenvalue weighted by molar-refractivity contribution is 5.91. The van der Waals surface area contributed by atoms with E-state index in [0.717, 1.165) is 19.6 Å². The standard InChI is InChI=1S/C15H22N2O.ClH/c1-5-17(6-2,16-15(18)13(3)4)12-14-10-8-7-9-11-14;/h7-11H,3,5-6,12H2,1-2,4H3;1H. The van der Waals surface area contributed by atoms with Crippen LogP contribution in [-0.4, -0.2) is 23.6 Å². The van der Waals surface area contributed by atoms with Crippen LogP contribution in [0.5, 0.6) is 0 Å². The fraction of sp³-hybridized carbons (Fsp3) is 0.400. The van der Waals surface area contributed by atoms with Gasteiger partial charge in [-0.15, -0.1) is 0 Å². The third-order valence-electron chi connectivity index (χ3n) is 3.27. The van der Waals surface area contributed by atoms with Gasteiger partial charge in [0, 0.05) is 11.1 Å². The molecule has 0 aliphatic heterocycles. The van der Waals surface area contributed by atoms with Crippen molar-refractivity contribution in [1.29, 1.82) is 0 Å². The highest BCUT2D eigenvalue weighted by Gasteiger charge is 2.26. The van der Waals surface area contributed by atoms with E-state index in [4.69, 9.17) is 0 Å². The van der Waals surface area contributed by atoms with E-state index in [-0.39, 0.29) is 18.3 Å². The summed E-state index contributed by atoms with van der Waals surface area (Å²) >= 11 is 0. The molecule has 3 nitrogen and oxygen atoms in total. The van der Waals surface area contributed by atoms with Gasteiger partial charge in [0.2, 0.25) is 0 Å². The molecule has 0 fully saturated rings. The van der Waals surface area contributed by atoms with E-state index in [9.17, 15) is 4.79 Å². The molecule has 0 aliphatic carbocycles. The number of amides is 1. The zero-order valence-electron chi connectivity index (χ0n) is 11.9. The van der Waals surface area contributed by atoms with Crippen molar-refractivity contribution in [2.24, 2.45) is 0 Å². The lowest BCUT2D eigenvalue weighted by Gasteiger charge is -2.35. The molecule has 1 aromatic carbocycles. The van der Waals surface area contributed by atoms with Crippen LogP contribution >= 0.6 is 0 Å². The molecule has 0 saturated heterocycles. The molecular weight excluding hydrogens is 260 g/mol. The van der Waals surface area contributed by atoms with E-state index >= 15 is 0 Å². The largest absolute Gasteiger partial charge is 1.00 e. The van der Waals surface area contributed by atoms with Crippen LogP contribution in [0.2, 0.25) is 0 Å². The number of benzene rings is 1. The van der Waals surface area contributed by atoms with E-state index in [2.05, 4.69) is 38.0 Å². The van der Waals surface area contributed by atoms with E-state index in [1.807, 2.05) is 18.2 Å². The molecule has 4 heteroatoms. The fourth-order valence-corrected chi connectivity index (χ4v) is 1.89. The minimum atomic E-state index is -0.0744. The van der Waals surface area contributed by atoms with Gasteiger partial charge in [-0.3, -0.25) is 4.79 Å². The monoisotopic (exact) mass is 282 g/mol. The lowest BCUT2D eigenvalue weighted by molar-refractivity contribution is -0.970. The Bertz CT molecular complexity index is 413. The van der Waals surface area contributed by atoms with Crippen LogP contribution in [0, 0.1) is 0 Å². The topological polar surface area (TPSA) is 29.1 Å². The average molecular weight is 283 g/mol. The Morgan fingerprint density at radius 3 is 2.16 bits per heavy atom. The molecule has 1 rings (SSSR count). The summed E-state index contributed by atoms with van der Waals surface area (Å²) < 4.78 is 0.551. The first-order valence-electron chi connectivity index (χ1n) is 6.41. The van der Waals surface area contributed by atoms with Crippen molar-refractivity contribution in [3.05, 3.63) is 48.0 Å². The van der Waals surface area contributed by atoms with Gasteiger partial charge in [-0.1, -0.05) is 36.9 Å². The number of carbonyl (C=O) groups is 1. The summed E-state index contributed by atoms with van der Waals surface area (Å²) in [6.07, 6.45) is 0. The zero-order valence-corrected chi connectivity index (χ0v) is 12.7. The van der Waals surface area contributed by atoms with Crippen molar-refractivity contribution in [2.45, 2.75) is 27.3 Å². The van der Waals surface area contributed by atoms with Crippen LogP contribution in [0.15, 0.2) is 42.5 Å². The van der Waals surface area contributed by atoms with Gasteiger partial charge in [-0.2, -0.15) is 5.43 Å². The van der Waals surface area contributed by atoms with Gasteiger partial charge in [0.1, 0.15) is 6.54 Å². The van der Waals surface area contributed by atoms with Gasteiger partial charge < -0.3 is 12.4 Å². The molecule has 1 amide bonds. The smallest absolute Gasteiger partial charge is 0.291 e. The SMILES string of the molecule is C=C(C)C(=O)N[N+](CC)(CC)Cc1ccccc1.[Cl-]. The molecule has 106 valence electrons. The van der Waals surface area contributed by atoms with Gasteiger partial charge in [0.15, 0.2) is 0 Å². The first-order chi connectivity index (χ1) is 8.53. The molecule has 0 heterocycles. The maximum absolute atomic E-state index is 11.8. The third-order valence-corrected chi connectivity index (χ3v) is 3.27. The molecule has 0 aromatic heterocycles. The lowest BCUT2D eigenvalue weighted by atomic mass is 10.2. The maximum atomic E-state index is 11.8. The van der Waals surface area contributed by atoms with Gasteiger partial charge in [-0.25, -0.2) is 4.59 Å². The fourth-order valence-electron chi connectivity index (χ4n) is 1.89. The molecule has 0 spiro atoms. The Labute approximate surface area is 122 Å². The van der Waals surface area contributed by atoms with Crippen LogP contribution in [0.1, 0.15) is 26.3 Å². The molecule has 0 bridgehead atoms. The molecule has 0 aliphatic rings. The number of halogens is 1. The number of rotatable bonds is 6. The second-order valence-corrected chi connectivity index (χ2v) is 4.64. The summed E-state index contributed by atoms with van der Waals surface area (Å²) in [5.41, 5.74) is 4.85. The van der Waals surface area contributed by atoms with Crippen molar-refractivity contribution < 1.29 is 21.8 Å². The average Bonchev–Trinajstić information content (AvgIpc) is 2.38. The highest BCUT2D eigenvalue weighted by Crippen LogP contribution is 2.11. The predicted molar refractivity (Wildman–Crippen MR) is 74.4 cm³/mol. The first-order valence-corrected chi connectivity index (χ1v) is 6.41. The van der Waals surface area contributed by atoms with Gasteiger partial charge in [0.05, 0.1) is 13.1 Å². The summed E-state index contributed by atoms with van der Waals surface area (Å²) in [5, 5.41) is 0. The Kier molecular flexibility index (Phi) is 7.42. The molecule has 1 N–H and O–H groups in total. The molecule has 0 saturated carbocycles. The van der Waals surface area contributed by atoms with E-state index in [1.165, 1.54) is 5.56 Å². The zero-order chi connectivity index (χ0) is 13.6. The number of carbonyl (C=O) groups excluding carboxylic acids is 1. The normalized spacial score (nSPS) is 10.5. The predicted octanol–water partition coefficient (Wildman–Crippen LogP) is -0.345. The Hall–Kier alpha value is -1.32. The summed E-state index contributed by atoms with van der Waals surface area (Å²) in [6.45, 7) is 12.1. The van der Waals surface area contributed by atoms with Crippen molar-refractivity contribution in [1.82, 2.24) is 5.43 Å². The second-order valence-electron chi connectivity index (χ2n) is 4.64. The minimum absolute atomic E-state index is 0. The van der Waals surface area contributed by atoms with Crippen molar-refractivity contribution in [3.63, 3.8) is 0 Å². The lowest BCUT2D eigenvalue weighted by Crippen LogP contribution is -3.00. The Morgan fingerprint density at radius 1 is 1.21 bits per heavy atom. The van der Waals surface area contributed by atoms with E-state index in [1.54, 1.807) is 6.92 Å². The van der Waals surface area contributed by atoms with Crippen molar-refractivity contribution in [2.75, 3.05) is 13.1 Å². The molecule has 1 aromatic rings. The third kappa shape index (κ3) is 5.05. The number of nitrogens with one attached hydrogen (secondary N) is 1.